The van der Waals surface area contributed by atoms with Crippen molar-refractivity contribution in [1.82, 2.24) is 9.78 Å². The molecule has 0 aliphatic carbocycles. The third-order valence-corrected chi connectivity index (χ3v) is 4.46. The lowest BCUT2D eigenvalue weighted by atomic mass is 9.78. The molecular formula is C16H19N3O. The number of nitrogens with one attached hydrogen (secondary N) is 1. The minimum absolute atomic E-state index is 0.214. The van der Waals surface area contributed by atoms with E-state index < -0.39 is 0 Å². The molecule has 4 nitrogen and oxygen atoms in total. The molecule has 0 radical (unpaired) electrons. The fourth-order valence-electron chi connectivity index (χ4n) is 3.55. The van der Waals surface area contributed by atoms with Gasteiger partial charge in [-0.25, -0.2) is 0 Å². The molecule has 1 fully saturated rings. The summed E-state index contributed by atoms with van der Waals surface area (Å²) in [5.74, 6) is 0.489. The average molecular weight is 269 g/mol. The second-order valence-electron chi connectivity index (χ2n) is 5.75. The molecule has 2 aliphatic rings. The molecule has 4 heteroatoms. The highest BCUT2D eigenvalue weighted by atomic mass is 16.5. The van der Waals surface area contributed by atoms with Crippen molar-refractivity contribution >= 4 is 5.69 Å². The van der Waals surface area contributed by atoms with E-state index in [1.807, 2.05) is 17.9 Å². The Kier molecular flexibility index (Phi) is 2.77. The number of aromatic nitrogens is 2. The van der Waals surface area contributed by atoms with E-state index in [1.54, 1.807) is 0 Å². The van der Waals surface area contributed by atoms with Gasteiger partial charge in [-0.2, -0.15) is 5.10 Å². The van der Waals surface area contributed by atoms with Gasteiger partial charge in [0.1, 0.15) is 0 Å². The normalized spacial score (nSPS) is 28.4. The molecule has 1 saturated heterocycles. The van der Waals surface area contributed by atoms with Gasteiger partial charge in [-0.1, -0.05) is 18.2 Å². The van der Waals surface area contributed by atoms with Crippen LogP contribution in [0.1, 0.15) is 36.1 Å². The summed E-state index contributed by atoms with van der Waals surface area (Å²) in [4.78, 5) is 0. The summed E-state index contributed by atoms with van der Waals surface area (Å²) in [5, 5.41) is 8.01. The van der Waals surface area contributed by atoms with E-state index in [-0.39, 0.29) is 6.10 Å². The molecular weight excluding hydrogens is 250 g/mol. The molecule has 0 unspecified atom stereocenters. The summed E-state index contributed by atoms with van der Waals surface area (Å²) in [5.41, 5.74) is 3.75. The van der Waals surface area contributed by atoms with Crippen LogP contribution in [0.25, 0.3) is 0 Å². The quantitative estimate of drug-likeness (QED) is 0.865. The molecule has 20 heavy (non-hydrogen) atoms. The first kappa shape index (κ1) is 12.0. The number of nitrogens with zero attached hydrogens (tertiary/aromatic N) is 2. The van der Waals surface area contributed by atoms with Crippen molar-refractivity contribution < 1.29 is 4.74 Å². The molecule has 0 saturated carbocycles. The summed E-state index contributed by atoms with van der Waals surface area (Å²) in [7, 11) is 1.97. The van der Waals surface area contributed by atoms with E-state index in [0.29, 0.717) is 12.0 Å². The predicted molar refractivity (Wildman–Crippen MR) is 77.4 cm³/mol. The summed E-state index contributed by atoms with van der Waals surface area (Å²) >= 11 is 0. The van der Waals surface area contributed by atoms with E-state index in [9.17, 15) is 0 Å². The Balaban J connectivity index is 1.77. The van der Waals surface area contributed by atoms with E-state index >= 15 is 0 Å². The van der Waals surface area contributed by atoms with Crippen molar-refractivity contribution in [2.24, 2.45) is 13.0 Å². The molecule has 1 aromatic heterocycles. The lowest BCUT2D eigenvalue weighted by Gasteiger charge is -2.42. The van der Waals surface area contributed by atoms with Crippen LogP contribution in [-0.2, 0) is 11.8 Å². The number of anilines is 1. The van der Waals surface area contributed by atoms with Crippen LogP contribution in [0.5, 0.6) is 0 Å². The molecule has 2 aromatic rings. The number of hydrogen-bond donors (Lipinski definition) is 1. The summed E-state index contributed by atoms with van der Waals surface area (Å²) in [6, 6.07) is 8.80. The summed E-state index contributed by atoms with van der Waals surface area (Å²) < 4.78 is 7.97. The van der Waals surface area contributed by atoms with Gasteiger partial charge in [0, 0.05) is 42.6 Å². The second-order valence-corrected chi connectivity index (χ2v) is 5.75. The van der Waals surface area contributed by atoms with Crippen LogP contribution >= 0.6 is 0 Å². The van der Waals surface area contributed by atoms with Gasteiger partial charge < -0.3 is 10.1 Å². The fourth-order valence-corrected chi connectivity index (χ4v) is 3.55. The fraction of sp³-hybridized carbons (Fsp3) is 0.438. The van der Waals surface area contributed by atoms with E-state index in [0.717, 1.165) is 13.0 Å². The van der Waals surface area contributed by atoms with Crippen LogP contribution < -0.4 is 5.32 Å². The van der Waals surface area contributed by atoms with Crippen molar-refractivity contribution in [2.45, 2.75) is 25.0 Å². The molecule has 0 amide bonds. The number of rotatable bonds is 1. The van der Waals surface area contributed by atoms with Crippen molar-refractivity contribution in [3.8, 4) is 0 Å². The van der Waals surface area contributed by atoms with Gasteiger partial charge in [0.05, 0.1) is 18.3 Å². The monoisotopic (exact) mass is 269 g/mol. The number of para-hydroxylation sites is 1. The second kappa shape index (κ2) is 4.63. The molecule has 0 spiro atoms. The minimum atomic E-state index is 0.214. The maximum Gasteiger partial charge on any atom is 0.0895 e. The Morgan fingerprint density at radius 2 is 2.25 bits per heavy atom. The van der Waals surface area contributed by atoms with E-state index in [2.05, 4.69) is 40.9 Å². The van der Waals surface area contributed by atoms with Gasteiger partial charge in [-0.05, 0) is 18.9 Å². The zero-order valence-electron chi connectivity index (χ0n) is 11.6. The zero-order valence-corrected chi connectivity index (χ0v) is 11.6. The van der Waals surface area contributed by atoms with E-state index in [4.69, 9.17) is 4.74 Å². The summed E-state index contributed by atoms with van der Waals surface area (Å²) in [6.07, 6.45) is 6.63. The molecule has 4 rings (SSSR count). The number of fused-ring (bicyclic) bond motifs is 3. The summed E-state index contributed by atoms with van der Waals surface area (Å²) in [6.45, 7) is 0.870. The number of benzene rings is 1. The van der Waals surface area contributed by atoms with E-state index in [1.165, 1.54) is 23.2 Å². The van der Waals surface area contributed by atoms with Crippen molar-refractivity contribution in [3.05, 3.63) is 47.8 Å². The largest absolute Gasteiger partial charge is 0.377 e. The molecule has 0 bridgehead atoms. The van der Waals surface area contributed by atoms with Crippen molar-refractivity contribution in [2.75, 3.05) is 11.9 Å². The molecule has 2 aliphatic heterocycles. The Hall–Kier alpha value is -1.81. The van der Waals surface area contributed by atoms with Gasteiger partial charge in [0.25, 0.3) is 0 Å². The van der Waals surface area contributed by atoms with Crippen LogP contribution in [0.15, 0.2) is 36.7 Å². The molecule has 3 heterocycles. The smallest absolute Gasteiger partial charge is 0.0895 e. The Morgan fingerprint density at radius 3 is 3.10 bits per heavy atom. The lowest BCUT2D eigenvalue weighted by molar-refractivity contribution is -0.0381. The van der Waals surface area contributed by atoms with Gasteiger partial charge in [0.15, 0.2) is 0 Å². The number of aryl methyl sites for hydroxylation is 1. The molecule has 3 atom stereocenters. The first-order valence-corrected chi connectivity index (χ1v) is 7.28. The molecule has 1 aromatic carbocycles. The highest BCUT2D eigenvalue weighted by Crippen LogP contribution is 2.48. The lowest BCUT2D eigenvalue weighted by Crippen LogP contribution is -2.35. The Bertz CT molecular complexity index is 622. The number of ether oxygens (including phenoxy) is 1. The number of hydrogen-bond acceptors (Lipinski definition) is 3. The van der Waals surface area contributed by atoms with Gasteiger partial charge in [-0.3, -0.25) is 4.68 Å². The van der Waals surface area contributed by atoms with Crippen LogP contribution in [0.4, 0.5) is 5.69 Å². The van der Waals surface area contributed by atoms with Crippen LogP contribution in [0.3, 0.4) is 0 Å². The van der Waals surface area contributed by atoms with Crippen LogP contribution in [0.2, 0.25) is 0 Å². The average Bonchev–Trinajstić information content (AvgIpc) is 2.93. The standard InChI is InChI=1S/C16H19N3O/c1-19-10-11(9-17-19)15-13-6-4-8-20-16(13)12-5-2-3-7-14(12)18-15/h2-3,5,7,9-10,13,15-16,18H,4,6,8H2,1H3/t13-,15-,16-/m0/s1. The maximum atomic E-state index is 6.10. The Morgan fingerprint density at radius 1 is 1.35 bits per heavy atom. The third-order valence-electron chi connectivity index (χ3n) is 4.46. The maximum absolute atomic E-state index is 6.10. The zero-order chi connectivity index (χ0) is 13.5. The van der Waals surface area contributed by atoms with Gasteiger partial charge >= 0.3 is 0 Å². The van der Waals surface area contributed by atoms with Crippen LogP contribution in [0, 0.1) is 5.92 Å². The highest BCUT2D eigenvalue weighted by molar-refractivity contribution is 5.56. The first-order chi connectivity index (χ1) is 9.83. The van der Waals surface area contributed by atoms with Gasteiger partial charge in [0.2, 0.25) is 0 Å². The topological polar surface area (TPSA) is 39.1 Å². The predicted octanol–water partition coefficient (Wildman–Crippen LogP) is 3.05. The highest BCUT2D eigenvalue weighted by Gasteiger charge is 2.39. The first-order valence-electron chi connectivity index (χ1n) is 7.28. The molecule has 1 N–H and O–H groups in total. The Labute approximate surface area is 118 Å². The SMILES string of the molecule is Cn1cc([C@@H]2Nc3ccccc3[C@@H]3OCCC[C@@H]23)cn1. The minimum Gasteiger partial charge on any atom is -0.377 e. The van der Waals surface area contributed by atoms with Gasteiger partial charge in [-0.15, -0.1) is 0 Å². The molecule has 104 valence electrons. The van der Waals surface area contributed by atoms with Crippen molar-refractivity contribution in [1.29, 1.82) is 0 Å². The van der Waals surface area contributed by atoms with Crippen LogP contribution in [-0.4, -0.2) is 16.4 Å². The van der Waals surface area contributed by atoms with Crippen molar-refractivity contribution in [3.63, 3.8) is 0 Å². The third kappa shape index (κ3) is 1.83.